The Morgan fingerprint density at radius 3 is 2.52 bits per heavy atom. The molecule has 3 N–H and O–H groups in total. The maximum Gasteiger partial charge on any atom is 0.211 e. The lowest BCUT2D eigenvalue weighted by atomic mass is 10.2. The lowest BCUT2D eigenvalue weighted by molar-refractivity contribution is -0.105. The highest BCUT2D eigenvalue weighted by atomic mass is 32.1. The molecule has 0 aliphatic carbocycles. The van der Waals surface area contributed by atoms with Gasteiger partial charge >= 0.3 is 0 Å². The van der Waals surface area contributed by atoms with Crippen molar-refractivity contribution in [3.05, 3.63) is 72.2 Å². The molecule has 0 aliphatic rings. The summed E-state index contributed by atoms with van der Waals surface area (Å²) in [6, 6.07) is 15.7. The predicted octanol–water partition coefficient (Wildman–Crippen LogP) is 4.41. The molecule has 4 nitrogen and oxygen atoms in total. The Labute approximate surface area is 141 Å². The van der Waals surface area contributed by atoms with E-state index in [0.29, 0.717) is 13.0 Å². The number of rotatable bonds is 8. The molecular formula is C18H19N3OS. The molecule has 0 fully saturated rings. The molecule has 1 amide bonds. The first kappa shape index (κ1) is 16.7. The summed E-state index contributed by atoms with van der Waals surface area (Å²) in [5.74, 6) is 0. The van der Waals surface area contributed by atoms with E-state index >= 15 is 0 Å². The third-order valence-corrected chi connectivity index (χ3v) is 3.21. The number of para-hydroxylation sites is 1. The first-order valence-electron chi connectivity index (χ1n) is 7.19. The molecule has 0 spiro atoms. The summed E-state index contributed by atoms with van der Waals surface area (Å²) in [6.07, 6.45) is 6.38. The summed E-state index contributed by atoms with van der Waals surface area (Å²) in [5.41, 5.74) is 3.47. The number of hydrogen-bond donors (Lipinski definition) is 4. The van der Waals surface area contributed by atoms with Gasteiger partial charge in [0.2, 0.25) is 6.41 Å². The van der Waals surface area contributed by atoms with Crippen LogP contribution in [-0.4, -0.2) is 13.0 Å². The minimum atomic E-state index is 0.650. The highest BCUT2D eigenvalue weighted by Crippen LogP contribution is 2.27. The van der Waals surface area contributed by atoms with Crippen LogP contribution in [0.5, 0.6) is 0 Å². The monoisotopic (exact) mass is 325 g/mol. The van der Waals surface area contributed by atoms with Gasteiger partial charge < -0.3 is 16.0 Å². The van der Waals surface area contributed by atoms with Crippen molar-refractivity contribution in [3.8, 4) is 0 Å². The number of anilines is 4. The fourth-order valence-electron chi connectivity index (χ4n) is 2.01. The topological polar surface area (TPSA) is 53.2 Å². The van der Waals surface area contributed by atoms with Gasteiger partial charge in [-0.2, -0.15) is 12.6 Å². The molecule has 0 heterocycles. The third-order valence-electron chi connectivity index (χ3n) is 3.04. The summed E-state index contributed by atoms with van der Waals surface area (Å²) in [5, 5.41) is 10.9. The quantitative estimate of drug-likeness (QED) is 0.330. The third kappa shape index (κ3) is 5.56. The highest BCUT2D eigenvalue weighted by molar-refractivity contribution is 7.83. The van der Waals surface area contributed by atoms with Crippen LogP contribution in [0.3, 0.4) is 0 Å². The lowest BCUT2D eigenvalue weighted by Crippen LogP contribution is -2.04. The Kier molecular flexibility index (Phi) is 6.81. The van der Waals surface area contributed by atoms with E-state index in [-0.39, 0.29) is 0 Å². The number of nitrogens with one attached hydrogen (secondary N) is 3. The van der Waals surface area contributed by atoms with E-state index in [4.69, 9.17) is 0 Å². The number of allylic oxidation sites excluding steroid dienone is 2. The zero-order chi connectivity index (χ0) is 16.3. The normalized spacial score (nSPS) is 10.8. The van der Waals surface area contributed by atoms with Gasteiger partial charge in [-0.05, 0) is 35.7 Å². The molecule has 0 radical (unpaired) electrons. The number of carbonyl (C=O) groups excluding carboxylic acids is 1. The van der Waals surface area contributed by atoms with Gasteiger partial charge in [0, 0.05) is 17.9 Å². The van der Waals surface area contributed by atoms with Gasteiger partial charge in [-0.1, -0.05) is 36.4 Å². The fourth-order valence-corrected chi connectivity index (χ4v) is 2.11. The summed E-state index contributed by atoms with van der Waals surface area (Å²) in [4.78, 5) is 10.8. The zero-order valence-corrected chi connectivity index (χ0v) is 13.5. The maximum atomic E-state index is 10.8. The standard InChI is InChI=1S/C18H19N3OS/c22-14-20-18-13-16(21-15-7-3-1-4-8-15)9-10-17(18)19-11-5-2-6-12-23/h1-10,12-14,19,21,23H,11H2,(H,20,22)/b5-2+,12-6-. The van der Waals surface area contributed by atoms with Crippen LogP contribution in [0.15, 0.2) is 72.2 Å². The van der Waals surface area contributed by atoms with Crippen molar-refractivity contribution in [3.63, 3.8) is 0 Å². The van der Waals surface area contributed by atoms with Crippen molar-refractivity contribution in [2.24, 2.45) is 0 Å². The second kappa shape index (κ2) is 9.38. The largest absolute Gasteiger partial charge is 0.380 e. The summed E-state index contributed by atoms with van der Waals surface area (Å²) in [6.45, 7) is 0.650. The molecule has 118 valence electrons. The number of benzene rings is 2. The molecule has 5 heteroatoms. The van der Waals surface area contributed by atoms with Crippen molar-refractivity contribution < 1.29 is 4.79 Å². The molecule has 2 aromatic carbocycles. The summed E-state index contributed by atoms with van der Waals surface area (Å²) < 4.78 is 0. The second-order valence-corrected chi connectivity index (χ2v) is 4.96. The van der Waals surface area contributed by atoms with Crippen molar-refractivity contribution in [2.75, 3.05) is 22.5 Å². The molecule has 0 aliphatic heterocycles. The van der Waals surface area contributed by atoms with Gasteiger partial charge in [0.1, 0.15) is 0 Å². The number of carbonyl (C=O) groups is 1. The van der Waals surface area contributed by atoms with Crippen LogP contribution in [0.1, 0.15) is 0 Å². The SMILES string of the molecule is O=CNc1cc(Nc2ccccc2)ccc1NC/C=C/C=C\S. The second-order valence-electron chi connectivity index (χ2n) is 4.66. The van der Waals surface area contributed by atoms with Gasteiger partial charge in [0.25, 0.3) is 0 Å². The van der Waals surface area contributed by atoms with Crippen LogP contribution >= 0.6 is 12.6 Å². The Bertz CT molecular complexity index is 684. The van der Waals surface area contributed by atoms with Gasteiger partial charge in [-0.15, -0.1) is 0 Å². The predicted molar refractivity (Wildman–Crippen MR) is 102 cm³/mol. The average molecular weight is 325 g/mol. The van der Waals surface area contributed by atoms with E-state index in [9.17, 15) is 4.79 Å². The highest BCUT2D eigenvalue weighted by Gasteiger charge is 2.03. The molecule has 23 heavy (non-hydrogen) atoms. The molecular weight excluding hydrogens is 306 g/mol. The molecule has 0 bridgehead atoms. The Morgan fingerprint density at radius 1 is 0.957 bits per heavy atom. The minimum absolute atomic E-state index is 0.650. The molecule has 2 rings (SSSR count). The first-order valence-corrected chi connectivity index (χ1v) is 7.71. The van der Waals surface area contributed by atoms with E-state index in [1.54, 1.807) is 5.41 Å². The van der Waals surface area contributed by atoms with E-state index in [2.05, 4.69) is 28.6 Å². The molecule has 0 aromatic heterocycles. The first-order chi connectivity index (χ1) is 11.3. The van der Waals surface area contributed by atoms with Gasteiger partial charge in [0.15, 0.2) is 0 Å². The van der Waals surface area contributed by atoms with E-state index in [0.717, 1.165) is 22.7 Å². The van der Waals surface area contributed by atoms with Crippen molar-refractivity contribution in [1.82, 2.24) is 0 Å². The Hall–Kier alpha value is -2.66. The molecule has 0 saturated carbocycles. The minimum Gasteiger partial charge on any atom is -0.380 e. The summed E-state index contributed by atoms with van der Waals surface area (Å²) >= 11 is 3.98. The lowest BCUT2D eigenvalue weighted by Gasteiger charge is -2.13. The van der Waals surface area contributed by atoms with Gasteiger partial charge in [-0.25, -0.2) is 0 Å². The zero-order valence-electron chi connectivity index (χ0n) is 12.6. The van der Waals surface area contributed by atoms with Crippen molar-refractivity contribution in [1.29, 1.82) is 0 Å². The van der Waals surface area contributed by atoms with E-state index < -0.39 is 0 Å². The smallest absolute Gasteiger partial charge is 0.211 e. The number of amides is 1. The van der Waals surface area contributed by atoms with Crippen molar-refractivity contribution in [2.45, 2.75) is 0 Å². The van der Waals surface area contributed by atoms with Gasteiger partial charge in [0.05, 0.1) is 11.4 Å². The fraction of sp³-hybridized carbons (Fsp3) is 0.0556. The summed E-state index contributed by atoms with van der Waals surface area (Å²) in [7, 11) is 0. The molecule has 0 saturated heterocycles. The number of thiol groups is 1. The molecule has 0 atom stereocenters. The van der Waals surface area contributed by atoms with Crippen LogP contribution in [0.25, 0.3) is 0 Å². The van der Waals surface area contributed by atoms with E-state index in [1.807, 2.05) is 66.8 Å². The van der Waals surface area contributed by atoms with Crippen LogP contribution in [0, 0.1) is 0 Å². The van der Waals surface area contributed by atoms with Gasteiger partial charge in [-0.3, -0.25) is 4.79 Å². The van der Waals surface area contributed by atoms with Crippen LogP contribution in [-0.2, 0) is 4.79 Å². The number of hydrogen-bond acceptors (Lipinski definition) is 4. The average Bonchev–Trinajstić information content (AvgIpc) is 2.57. The van der Waals surface area contributed by atoms with E-state index in [1.165, 1.54) is 0 Å². The van der Waals surface area contributed by atoms with Crippen LogP contribution in [0.2, 0.25) is 0 Å². The maximum absolute atomic E-state index is 10.8. The van der Waals surface area contributed by atoms with Crippen LogP contribution in [0.4, 0.5) is 22.7 Å². The molecule has 0 unspecified atom stereocenters. The van der Waals surface area contributed by atoms with Crippen LogP contribution < -0.4 is 16.0 Å². The molecule has 2 aromatic rings. The Morgan fingerprint density at radius 2 is 1.78 bits per heavy atom. The van der Waals surface area contributed by atoms with Crippen molar-refractivity contribution >= 4 is 41.8 Å². The Balaban J connectivity index is 2.09.